The maximum atomic E-state index is 13.8. The van der Waals surface area contributed by atoms with Crippen LogP contribution in [0.5, 0.6) is 0 Å². The maximum Gasteiger partial charge on any atom is 0.258 e. The van der Waals surface area contributed by atoms with Gasteiger partial charge in [0.05, 0.1) is 11.8 Å². The second-order valence-corrected chi connectivity index (χ2v) is 5.85. The molecule has 0 spiro atoms. The molecule has 0 fully saturated rings. The number of nitrogens with one attached hydrogen (secondary N) is 2. The third kappa shape index (κ3) is 5.26. The molecule has 0 heterocycles. The molecule has 2 amide bonds. The Bertz CT molecular complexity index is 791. The Morgan fingerprint density at radius 3 is 2.42 bits per heavy atom. The SMILES string of the molecule is C=CC(=O)Nc1cc(NC(=O)C(OC(C)C)c2ccccc2)ccc1F. The molecule has 0 aromatic heterocycles. The summed E-state index contributed by atoms with van der Waals surface area (Å²) < 4.78 is 19.6. The Kier molecular flexibility index (Phi) is 6.63. The van der Waals surface area contributed by atoms with Crippen LogP contribution in [0.4, 0.5) is 15.8 Å². The molecular formula is C20H21FN2O3. The number of ether oxygens (including phenoxy) is 1. The first kappa shape index (κ1) is 19.3. The van der Waals surface area contributed by atoms with E-state index in [1.807, 2.05) is 32.0 Å². The van der Waals surface area contributed by atoms with Crippen molar-refractivity contribution in [1.29, 1.82) is 0 Å². The summed E-state index contributed by atoms with van der Waals surface area (Å²) in [4.78, 5) is 24.1. The van der Waals surface area contributed by atoms with Crippen LogP contribution in [0.2, 0.25) is 0 Å². The summed E-state index contributed by atoms with van der Waals surface area (Å²) >= 11 is 0. The quantitative estimate of drug-likeness (QED) is 0.735. The van der Waals surface area contributed by atoms with Gasteiger partial charge in [-0.3, -0.25) is 9.59 Å². The predicted molar refractivity (Wildman–Crippen MR) is 99.3 cm³/mol. The molecule has 0 radical (unpaired) electrons. The van der Waals surface area contributed by atoms with E-state index in [1.54, 1.807) is 12.1 Å². The number of carbonyl (C=O) groups is 2. The monoisotopic (exact) mass is 356 g/mol. The number of amides is 2. The van der Waals surface area contributed by atoms with Crippen LogP contribution in [0.15, 0.2) is 61.2 Å². The first-order valence-corrected chi connectivity index (χ1v) is 8.15. The highest BCUT2D eigenvalue weighted by molar-refractivity contribution is 6.00. The Balaban J connectivity index is 2.22. The highest BCUT2D eigenvalue weighted by atomic mass is 19.1. The normalized spacial score (nSPS) is 11.7. The first-order valence-electron chi connectivity index (χ1n) is 8.15. The van der Waals surface area contributed by atoms with Crippen molar-refractivity contribution >= 4 is 23.2 Å². The van der Waals surface area contributed by atoms with Gasteiger partial charge in [-0.05, 0) is 43.7 Å². The number of anilines is 2. The maximum absolute atomic E-state index is 13.8. The van der Waals surface area contributed by atoms with Crippen molar-refractivity contribution < 1.29 is 18.7 Å². The molecule has 2 aromatic carbocycles. The Hall–Kier alpha value is -2.99. The van der Waals surface area contributed by atoms with Crippen LogP contribution in [0.25, 0.3) is 0 Å². The zero-order valence-electron chi connectivity index (χ0n) is 14.7. The second-order valence-electron chi connectivity index (χ2n) is 5.85. The molecule has 1 unspecified atom stereocenters. The third-order valence-electron chi connectivity index (χ3n) is 3.43. The van der Waals surface area contributed by atoms with Crippen LogP contribution in [-0.2, 0) is 14.3 Å². The van der Waals surface area contributed by atoms with E-state index in [1.165, 1.54) is 12.1 Å². The van der Waals surface area contributed by atoms with Gasteiger partial charge in [0.25, 0.3) is 5.91 Å². The molecule has 0 aliphatic rings. The van der Waals surface area contributed by atoms with Crippen molar-refractivity contribution in [3.8, 4) is 0 Å². The Morgan fingerprint density at radius 2 is 1.81 bits per heavy atom. The number of rotatable bonds is 7. The van der Waals surface area contributed by atoms with Crippen LogP contribution in [0.3, 0.4) is 0 Å². The van der Waals surface area contributed by atoms with Gasteiger partial charge in [0.15, 0.2) is 6.10 Å². The van der Waals surface area contributed by atoms with Crippen LogP contribution in [-0.4, -0.2) is 17.9 Å². The number of carbonyl (C=O) groups excluding carboxylic acids is 2. The van der Waals surface area contributed by atoms with Crippen LogP contribution >= 0.6 is 0 Å². The molecule has 2 aromatic rings. The average molecular weight is 356 g/mol. The van der Waals surface area contributed by atoms with E-state index in [4.69, 9.17) is 4.74 Å². The molecule has 0 aliphatic heterocycles. The van der Waals surface area contributed by atoms with Crippen LogP contribution in [0, 0.1) is 5.82 Å². The summed E-state index contributed by atoms with van der Waals surface area (Å²) in [7, 11) is 0. The lowest BCUT2D eigenvalue weighted by Gasteiger charge is -2.20. The number of benzene rings is 2. The fraction of sp³-hybridized carbons (Fsp3) is 0.200. The highest BCUT2D eigenvalue weighted by Gasteiger charge is 2.23. The molecule has 5 nitrogen and oxygen atoms in total. The van der Waals surface area contributed by atoms with Gasteiger partial charge in [-0.25, -0.2) is 4.39 Å². The van der Waals surface area contributed by atoms with E-state index in [-0.39, 0.29) is 11.8 Å². The lowest BCUT2D eigenvalue weighted by atomic mass is 10.1. The zero-order valence-corrected chi connectivity index (χ0v) is 14.7. The van der Waals surface area contributed by atoms with Gasteiger partial charge in [-0.2, -0.15) is 0 Å². The summed E-state index contributed by atoms with van der Waals surface area (Å²) in [5.74, 6) is -1.55. The third-order valence-corrected chi connectivity index (χ3v) is 3.43. The summed E-state index contributed by atoms with van der Waals surface area (Å²) in [5.41, 5.74) is 0.999. The van der Waals surface area contributed by atoms with Crippen molar-refractivity contribution in [1.82, 2.24) is 0 Å². The number of hydrogen-bond donors (Lipinski definition) is 2. The summed E-state index contributed by atoms with van der Waals surface area (Å²) in [6.07, 6.45) is 0.0566. The molecule has 0 bridgehead atoms. The number of halogens is 1. The summed E-state index contributed by atoms with van der Waals surface area (Å²) in [5, 5.41) is 5.05. The van der Waals surface area contributed by atoms with E-state index in [0.717, 1.165) is 12.1 Å². The Morgan fingerprint density at radius 1 is 1.12 bits per heavy atom. The molecule has 6 heteroatoms. The van der Waals surface area contributed by atoms with Crippen LogP contribution < -0.4 is 10.6 Å². The summed E-state index contributed by atoms with van der Waals surface area (Å²) in [6.45, 7) is 7.00. The zero-order chi connectivity index (χ0) is 19.1. The fourth-order valence-electron chi connectivity index (χ4n) is 2.28. The van der Waals surface area contributed by atoms with E-state index in [9.17, 15) is 14.0 Å². The van der Waals surface area contributed by atoms with Gasteiger partial charge in [0.1, 0.15) is 5.82 Å². The van der Waals surface area contributed by atoms with Gasteiger partial charge < -0.3 is 15.4 Å². The van der Waals surface area contributed by atoms with Crippen molar-refractivity contribution in [3.63, 3.8) is 0 Å². The standard InChI is InChI=1S/C20H21FN2O3/c1-4-18(24)23-17-12-15(10-11-16(17)21)22-20(25)19(26-13(2)3)14-8-6-5-7-9-14/h4-13,19H,1H2,2-3H3,(H,22,25)(H,23,24). The summed E-state index contributed by atoms with van der Waals surface area (Å²) in [6, 6.07) is 13.0. The van der Waals surface area contributed by atoms with Gasteiger partial charge >= 0.3 is 0 Å². The molecule has 136 valence electrons. The molecule has 1 atom stereocenters. The minimum atomic E-state index is -0.813. The van der Waals surface area contributed by atoms with E-state index < -0.39 is 23.7 Å². The molecule has 2 N–H and O–H groups in total. The van der Waals surface area contributed by atoms with E-state index in [2.05, 4.69) is 17.2 Å². The second kappa shape index (κ2) is 8.92. The van der Waals surface area contributed by atoms with Crippen molar-refractivity contribution in [2.45, 2.75) is 26.1 Å². The molecule has 0 aliphatic carbocycles. The van der Waals surface area contributed by atoms with Gasteiger partial charge in [0.2, 0.25) is 5.91 Å². The lowest BCUT2D eigenvalue weighted by Crippen LogP contribution is -2.26. The number of hydrogen-bond acceptors (Lipinski definition) is 3. The van der Waals surface area contributed by atoms with Crippen molar-refractivity contribution in [2.24, 2.45) is 0 Å². The topological polar surface area (TPSA) is 67.4 Å². The smallest absolute Gasteiger partial charge is 0.258 e. The highest BCUT2D eigenvalue weighted by Crippen LogP contribution is 2.24. The van der Waals surface area contributed by atoms with E-state index >= 15 is 0 Å². The fourth-order valence-corrected chi connectivity index (χ4v) is 2.28. The van der Waals surface area contributed by atoms with Crippen LogP contribution in [0.1, 0.15) is 25.5 Å². The minimum Gasteiger partial charge on any atom is -0.361 e. The molecule has 0 saturated carbocycles. The van der Waals surface area contributed by atoms with E-state index in [0.29, 0.717) is 11.3 Å². The van der Waals surface area contributed by atoms with Gasteiger partial charge in [-0.1, -0.05) is 36.9 Å². The van der Waals surface area contributed by atoms with Gasteiger partial charge in [-0.15, -0.1) is 0 Å². The Labute approximate surface area is 151 Å². The molecule has 0 saturated heterocycles. The van der Waals surface area contributed by atoms with Crippen molar-refractivity contribution in [2.75, 3.05) is 10.6 Å². The minimum absolute atomic E-state index is 0.0475. The van der Waals surface area contributed by atoms with Crippen molar-refractivity contribution in [3.05, 3.63) is 72.6 Å². The first-order chi connectivity index (χ1) is 12.4. The molecular weight excluding hydrogens is 335 g/mol. The average Bonchev–Trinajstić information content (AvgIpc) is 2.62. The largest absolute Gasteiger partial charge is 0.361 e. The lowest BCUT2D eigenvalue weighted by molar-refractivity contribution is -0.130. The van der Waals surface area contributed by atoms with Gasteiger partial charge in [0, 0.05) is 5.69 Å². The molecule has 26 heavy (non-hydrogen) atoms. The molecule has 2 rings (SSSR count). The predicted octanol–water partition coefficient (Wildman–Crippen LogP) is 4.06.